The van der Waals surface area contributed by atoms with Crippen molar-refractivity contribution in [1.29, 1.82) is 0 Å². The van der Waals surface area contributed by atoms with E-state index < -0.39 is 13.2 Å². The van der Waals surface area contributed by atoms with Crippen molar-refractivity contribution in [1.82, 2.24) is 10.6 Å². The quantitative estimate of drug-likeness (QED) is 0.539. The van der Waals surface area contributed by atoms with Gasteiger partial charge in [0.05, 0.1) is 29.9 Å². The number of carbonyl (C=O) groups excluding carboxylic acids is 2. The van der Waals surface area contributed by atoms with E-state index in [1.54, 1.807) is 12.1 Å². The lowest BCUT2D eigenvalue weighted by Gasteiger charge is -2.64. The summed E-state index contributed by atoms with van der Waals surface area (Å²) in [5.41, 5.74) is 1.16. The Labute approximate surface area is 214 Å². The molecule has 1 aromatic carbocycles. The maximum absolute atomic E-state index is 13.2. The van der Waals surface area contributed by atoms with Gasteiger partial charge in [0.1, 0.15) is 0 Å². The number of carbonyl (C=O) groups is 2. The Kier molecular flexibility index (Phi) is 6.66. The third kappa shape index (κ3) is 4.56. The molecule has 1 aromatic rings. The van der Waals surface area contributed by atoms with E-state index in [1.165, 1.54) is 6.42 Å². The molecule has 1 saturated heterocycles. The second-order valence-electron chi connectivity index (χ2n) is 12.1. The lowest BCUT2D eigenvalue weighted by atomic mass is 9.43. The van der Waals surface area contributed by atoms with Crippen molar-refractivity contribution in [3.05, 3.63) is 35.9 Å². The highest BCUT2D eigenvalue weighted by Crippen LogP contribution is 2.65. The summed E-state index contributed by atoms with van der Waals surface area (Å²) in [5.74, 6) is 0.805. The molecule has 2 amide bonds. The van der Waals surface area contributed by atoms with Gasteiger partial charge in [0.25, 0.3) is 11.8 Å². The molecule has 8 nitrogen and oxygen atoms in total. The van der Waals surface area contributed by atoms with Gasteiger partial charge in [-0.2, -0.15) is 0 Å². The highest BCUT2D eigenvalue weighted by atomic mass is 16.7. The molecule has 0 aromatic heterocycles. The zero-order valence-corrected chi connectivity index (χ0v) is 22.0. The van der Waals surface area contributed by atoms with Gasteiger partial charge in [0, 0.05) is 12.0 Å². The van der Waals surface area contributed by atoms with Crippen molar-refractivity contribution in [3.63, 3.8) is 0 Å². The minimum Gasteiger partial charge on any atom is -0.404 e. The number of amides is 2. The average molecular weight is 495 g/mol. The molecule has 6 atom stereocenters. The van der Waals surface area contributed by atoms with E-state index in [-0.39, 0.29) is 41.4 Å². The fourth-order valence-corrected chi connectivity index (χ4v) is 6.64. The number of hydrogen-bond acceptors (Lipinski definition) is 6. The molecular formula is C27H38BN3O5. The predicted molar refractivity (Wildman–Crippen MR) is 137 cm³/mol. The van der Waals surface area contributed by atoms with Gasteiger partial charge in [-0.1, -0.05) is 51.0 Å². The Bertz CT molecular complexity index is 1030. The lowest BCUT2D eigenvalue weighted by molar-refractivity contribution is -0.199. The van der Waals surface area contributed by atoms with Crippen LogP contribution >= 0.6 is 0 Å². The molecule has 3 saturated carbocycles. The predicted octanol–water partition coefficient (Wildman–Crippen LogP) is 3.36. The molecule has 4 fully saturated rings. The highest BCUT2D eigenvalue weighted by Gasteiger charge is 2.68. The van der Waals surface area contributed by atoms with Crippen molar-refractivity contribution in [2.24, 2.45) is 28.3 Å². The number of nitrogens with one attached hydrogen (secondary N) is 2. The first kappa shape index (κ1) is 25.3. The molecule has 0 radical (unpaired) electrons. The van der Waals surface area contributed by atoms with Crippen LogP contribution in [0.4, 0.5) is 0 Å². The molecule has 194 valence electrons. The van der Waals surface area contributed by atoms with Crippen LogP contribution in [0, 0.1) is 23.2 Å². The number of nitrogens with zero attached hydrogens (tertiary/aromatic N) is 1. The standard InChI is InChI=1S/C27H38BN3O5/c1-16(2)11-23(28-34-22-13-18-12-21(26(18,3)4)27(22,5)36-28)30-25(33)20-14-19(31-35-20)15-29-24(32)17-9-7-6-8-10-17/h6-10,16,18,20-23H,11-15H2,1-5H3,(H,29,32)(H,30,33)/t18-,20?,21-,22+,23-,27-/m0/s1. The van der Waals surface area contributed by atoms with Crippen LogP contribution < -0.4 is 10.6 Å². The van der Waals surface area contributed by atoms with E-state index in [1.807, 2.05) is 18.2 Å². The summed E-state index contributed by atoms with van der Waals surface area (Å²) in [6.45, 7) is 11.4. The number of benzene rings is 1. The van der Waals surface area contributed by atoms with E-state index in [9.17, 15) is 9.59 Å². The molecule has 36 heavy (non-hydrogen) atoms. The largest absolute Gasteiger partial charge is 0.481 e. The van der Waals surface area contributed by atoms with Gasteiger partial charge < -0.3 is 24.8 Å². The molecule has 9 heteroatoms. The monoisotopic (exact) mass is 495 g/mol. The third-order valence-electron chi connectivity index (χ3n) is 8.86. The van der Waals surface area contributed by atoms with Crippen LogP contribution in [0.3, 0.4) is 0 Å². The smallest absolute Gasteiger partial charge is 0.404 e. The Balaban J connectivity index is 1.16. The Morgan fingerprint density at radius 3 is 2.61 bits per heavy atom. The fraction of sp³-hybridized carbons (Fsp3) is 0.667. The first-order valence-corrected chi connectivity index (χ1v) is 13.3. The molecule has 1 unspecified atom stereocenters. The SMILES string of the molecule is CC(C)C[C@H](NC(=O)C1CC(CNC(=O)c2ccccc2)=NO1)B1O[C@@H]2C[C@@H]3C[C@@H](C3(C)C)[C@]2(C)O1. The van der Waals surface area contributed by atoms with Crippen molar-refractivity contribution in [3.8, 4) is 0 Å². The maximum atomic E-state index is 13.2. The summed E-state index contributed by atoms with van der Waals surface area (Å²) < 4.78 is 13.1. The average Bonchev–Trinajstić information content (AvgIpc) is 3.46. The van der Waals surface area contributed by atoms with Gasteiger partial charge in [-0.3, -0.25) is 9.59 Å². The van der Waals surface area contributed by atoms with Gasteiger partial charge in [-0.25, -0.2) is 0 Å². The molecule has 2 heterocycles. The van der Waals surface area contributed by atoms with Crippen LogP contribution in [-0.2, 0) is 18.9 Å². The normalized spacial score (nSPS) is 32.7. The molecule has 2 aliphatic heterocycles. The lowest BCUT2D eigenvalue weighted by Crippen LogP contribution is -2.65. The molecule has 5 aliphatic rings. The van der Waals surface area contributed by atoms with E-state index in [2.05, 4.69) is 50.4 Å². The highest BCUT2D eigenvalue weighted by molar-refractivity contribution is 6.48. The summed E-state index contributed by atoms with van der Waals surface area (Å²) >= 11 is 0. The summed E-state index contributed by atoms with van der Waals surface area (Å²) in [6, 6.07) is 9.00. The molecule has 0 spiro atoms. The number of hydrogen-bond donors (Lipinski definition) is 2. The molecule has 2 N–H and O–H groups in total. The van der Waals surface area contributed by atoms with E-state index in [4.69, 9.17) is 14.1 Å². The molecular weight excluding hydrogens is 457 g/mol. The Hall–Kier alpha value is -2.39. The molecule has 6 rings (SSSR count). The summed E-state index contributed by atoms with van der Waals surface area (Å²) in [6.07, 6.45) is 2.61. The van der Waals surface area contributed by atoms with Crippen molar-refractivity contribution >= 4 is 24.6 Å². The van der Waals surface area contributed by atoms with E-state index in [0.717, 1.165) is 12.8 Å². The zero-order valence-electron chi connectivity index (χ0n) is 22.0. The maximum Gasteiger partial charge on any atom is 0.481 e. The van der Waals surface area contributed by atoms with Gasteiger partial charge >= 0.3 is 7.12 Å². The summed E-state index contributed by atoms with van der Waals surface area (Å²) in [4.78, 5) is 30.9. The number of rotatable bonds is 8. The second kappa shape index (κ2) is 9.49. The van der Waals surface area contributed by atoms with Gasteiger partial charge in [0.15, 0.2) is 0 Å². The minimum absolute atomic E-state index is 0.0664. The van der Waals surface area contributed by atoms with Crippen molar-refractivity contribution < 1.29 is 23.7 Å². The van der Waals surface area contributed by atoms with Crippen LogP contribution in [0.1, 0.15) is 70.7 Å². The summed E-state index contributed by atoms with van der Waals surface area (Å²) in [7, 11) is -0.478. The fourth-order valence-electron chi connectivity index (χ4n) is 6.64. The first-order valence-electron chi connectivity index (χ1n) is 13.3. The van der Waals surface area contributed by atoms with E-state index >= 15 is 0 Å². The second-order valence-corrected chi connectivity index (χ2v) is 12.1. The number of oxime groups is 1. The van der Waals surface area contributed by atoms with Gasteiger partial charge in [-0.15, -0.1) is 0 Å². The topological polar surface area (TPSA) is 98.3 Å². The third-order valence-corrected chi connectivity index (χ3v) is 8.86. The van der Waals surface area contributed by atoms with Crippen molar-refractivity contribution in [2.45, 2.75) is 84.1 Å². The van der Waals surface area contributed by atoms with Gasteiger partial charge in [0.2, 0.25) is 6.10 Å². The van der Waals surface area contributed by atoms with Crippen LogP contribution in [-0.4, -0.2) is 54.9 Å². The van der Waals surface area contributed by atoms with Crippen LogP contribution in [0.25, 0.3) is 0 Å². The molecule has 3 aliphatic carbocycles. The van der Waals surface area contributed by atoms with Gasteiger partial charge in [-0.05, 0) is 61.5 Å². The minimum atomic E-state index is -0.727. The molecule has 2 bridgehead atoms. The van der Waals surface area contributed by atoms with Crippen molar-refractivity contribution in [2.75, 3.05) is 6.54 Å². The van der Waals surface area contributed by atoms with Crippen LogP contribution in [0.15, 0.2) is 35.5 Å². The van der Waals surface area contributed by atoms with Crippen LogP contribution in [0.2, 0.25) is 0 Å². The van der Waals surface area contributed by atoms with E-state index in [0.29, 0.717) is 35.4 Å². The Morgan fingerprint density at radius 1 is 1.17 bits per heavy atom. The Morgan fingerprint density at radius 2 is 1.92 bits per heavy atom. The van der Waals surface area contributed by atoms with Crippen LogP contribution in [0.5, 0.6) is 0 Å². The first-order chi connectivity index (χ1) is 17.1. The zero-order chi connectivity index (χ0) is 25.7. The summed E-state index contributed by atoms with van der Waals surface area (Å²) in [5, 5.41) is 10.0.